The molecule has 0 fully saturated rings. The summed E-state index contributed by atoms with van der Waals surface area (Å²) in [7, 11) is 1.46. The van der Waals surface area contributed by atoms with Crippen molar-refractivity contribution in [3.63, 3.8) is 0 Å². The highest BCUT2D eigenvalue weighted by Gasteiger charge is 2.33. The number of carbonyl (C=O) groups excluding carboxylic acids is 1. The van der Waals surface area contributed by atoms with Crippen LogP contribution in [0, 0.1) is 10.1 Å². The van der Waals surface area contributed by atoms with E-state index < -0.39 is 16.9 Å². The summed E-state index contributed by atoms with van der Waals surface area (Å²) in [6.07, 6.45) is 1.57. The molecule has 11 nitrogen and oxygen atoms in total. The predicted molar refractivity (Wildman–Crippen MR) is 160 cm³/mol. The van der Waals surface area contributed by atoms with E-state index in [9.17, 15) is 19.7 Å². The van der Waals surface area contributed by atoms with Gasteiger partial charge >= 0.3 is 5.97 Å². The number of hydrogen-bond donors (Lipinski definition) is 0. The van der Waals surface area contributed by atoms with Crippen LogP contribution in [0.1, 0.15) is 45.1 Å². The van der Waals surface area contributed by atoms with E-state index in [0.717, 1.165) is 11.3 Å². The Bertz CT molecular complexity index is 1910. The van der Waals surface area contributed by atoms with Gasteiger partial charge in [0.25, 0.3) is 11.2 Å². The number of rotatable bonds is 9. The molecule has 5 rings (SSSR count). The van der Waals surface area contributed by atoms with Crippen molar-refractivity contribution in [3.05, 3.63) is 107 Å². The fourth-order valence-electron chi connectivity index (χ4n) is 4.81. The Labute approximate surface area is 250 Å². The Morgan fingerprint density at radius 3 is 2.58 bits per heavy atom. The van der Waals surface area contributed by atoms with Crippen LogP contribution in [-0.2, 0) is 9.53 Å². The van der Waals surface area contributed by atoms with Crippen LogP contribution in [0.3, 0.4) is 0 Å². The fraction of sp³-hybridized carbons (Fsp3) is 0.258. The molecule has 2 aromatic heterocycles. The number of hydrogen-bond acceptors (Lipinski definition) is 10. The lowest BCUT2D eigenvalue weighted by atomic mass is 9.96. The number of non-ortho nitro benzene ring substituents is 1. The van der Waals surface area contributed by atoms with E-state index in [4.69, 9.17) is 18.6 Å². The second-order valence-corrected chi connectivity index (χ2v) is 10.9. The summed E-state index contributed by atoms with van der Waals surface area (Å²) in [5.74, 6) is 1.20. The number of nitrogens with zero attached hydrogens (tertiary/aromatic N) is 3. The number of furan rings is 1. The molecule has 1 atom stereocenters. The van der Waals surface area contributed by atoms with Crippen LogP contribution in [0.25, 0.3) is 17.4 Å². The molecule has 0 unspecified atom stereocenters. The van der Waals surface area contributed by atoms with Crippen molar-refractivity contribution in [3.8, 4) is 22.8 Å². The minimum Gasteiger partial charge on any atom is -0.496 e. The third kappa shape index (κ3) is 5.86. The molecule has 0 spiro atoms. The van der Waals surface area contributed by atoms with Gasteiger partial charge in [0.1, 0.15) is 23.0 Å². The molecule has 1 aliphatic rings. The summed E-state index contributed by atoms with van der Waals surface area (Å²) in [6, 6.07) is 14.0. The van der Waals surface area contributed by atoms with Crippen LogP contribution in [0.5, 0.6) is 11.5 Å². The number of carbonyl (C=O) groups is 1. The molecule has 3 heterocycles. The number of benzene rings is 2. The molecule has 2 aromatic carbocycles. The highest BCUT2D eigenvalue weighted by molar-refractivity contribution is 7.07. The molecule has 0 bridgehead atoms. The monoisotopic (exact) mass is 603 g/mol. The molecular formula is C31H29N3O8S. The van der Waals surface area contributed by atoms with Crippen molar-refractivity contribution in [2.24, 2.45) is 4.99 Å². The van der Waals surface area contributed by atoms with Crippen molar-refractivity contribution < 1.29 is 28.3 Å². The molecule has 43 heavy (non-hydrogen) atoms. The maximum atomic E-state index is 13.9. The van der Waals surface area contributed by atoms with Crippen LogP contribution in [0.4, 0.5) is 5.69 Å². The molecule has 1 aliphatic heterocycles. The van der Waals surface area contributed by atoms with Crippen LogP contribution in [0.2, 0.25) is 0 Å². The van der Waals surface area contributed by atoms with Gasteiger partial charge < -0.3 is 18.6 Å². The summed E-state index contributed by atoms with van der Waals surface area (Å²) < 4.78 is 24.3. The maximum absolute atomic E-state index is 13.9. The van der Waals surface area contributed by atoms with Gasteiger partial charge in [-0.3, -0.25) is 19.5 Å². The molecule has 0 aliphatic carbocycles. The number of fused-ring (bicyclic) bond motifs is 1. The smallest absolute Gasteiger partial charge is 0.338 e. The van der Waals surface area contributed by atoms with Crippen molar-refractivity contribution in [2.75, 3.05) is 13.7 Å². The number of thiazole rings is 1. The molecule has 0 saturated heterocycles. The molecule has 0 amide bonds. The van der Waals surface area contributed by atoms with E-state index >= 15 is 0 Å². The molecule has 222 valence electrons. The number of methoxy groups -OCH3 is 1. The average molecular weight is 604 g/mol. The number of aromatic nitrogens is 1. The Morgan fingerprint density at radius 2 is 1.93 bits per heavy atom. The third-order valence-electron chi connectivity index (χ3n) is 6.64. The SMILES string of the molecule is CCOC(=O)C1=C(C)N=c2s/c(=C\c3ccc(-c4cc([N+](=O)[O-])ccc4OC)o3)c(=O)n2[C@@H]1c1ccc(OC(C)C)cc1. The predicted octanol–water partition coefficient (Wildman–Crippen LogP) is 4.76. The number of nitro benzene ring substituents is 1. The van der Waals surface area contributed by atoms with Crippen LogP contribution in [-0.4, -0.2) is 35.3 Å². The lowest BCUT2D eigenvalue weighted by Gasteiger charge is -2.25. The molecular weight excluding hydrogens is 574 g/mol. The summed E-state index contributed by atoms with van der Waals surface area (Å²) in [6.45, 7) is 7.47. The third-order valence-corrected chi connectivity index (χ3v) is 7.63. The van der Waals surface area contributed by atoms with E-state index in [0.29, 0.717) is 49.2 Å². The van der Waals surface area contributed by atoms with Gasteiger partial charge in [-0.15, -0.1) is 0 Å². The quantitative estimate of drug-likeness (QED) is 0.152. The summed E-state index contributed by atoms with van der Waals surface area (Å²) in [5.41, 5.74) is 1.35. The topological polar surface area (TPSA) is 135 Å². The number of esters is 1. The van der Waals surface area contributed by atoms with Crippen molar-refractivity contribution in [1.29, 1.82) is 0 Å². The van der Waals surface area contributed by atoms with Gasteiger partial charge in [-0.1, -0.05) is 23.5 Å². The van der Waals surface area contributed by atoms with Crippen LogP contribution < -0.4 is 24.4 Å². The lowest BCUT2D eigenvalue weighted by Crippen LogP contribution is -2.39. The molecule has 0 N–H and O–H groups in total. The first kappa shape index (κ1) is 29.5. The molecule has 0 saturated carbocycles. The van der Waals surface area contributed by atoms with Crippen molar-refractivity contribution >= 4 is 29.1 Å². The highest BCUT2D eigenvalue weighted by atomic mass is 32.1. The number of nitro groups is 1. The van der Waals surface area contributed by atoms with Crippen LogP contribution in [0.15, 0.2) is 80.1 Å². The van der Waals surface area contributed by atoms with Gasteiger partial charge in [-0.2, -0.15) is 0 Å². The van der Waals surface area contributed by atoms with E-state index in [1.165, 1.54) is 29.9 Å². The fourth-order valence-corrected chi connectivity index (χ4v) is 5.84. The van der Waals surface area contributed by atoms with Gasteiger partial charge in [0.15, 0.2) is 4.80 Å². The van der Waals surface area contributed by atoms with Crippen LogP contribution >= 0.6 is 11.3 Å². The first-order chi connectivity index (χ1) is 20.6. The van der Waals surface area contributed by atoms with Crippen molar-refractivity contribution in [1.82, 2.24) is 4.57 Å². The minimum absolute atomic E-state index is 0.0130. The summed E-state index contributed by atoms with van der Waals surface area (Å²) >= 11 is 1.16. The first-order valence-electron chi connectivity index (χ1n) is 13.5. The highest BCUT2D eigenvalue weighted by Crippen LogP contribution is 2.35. The van der Waals surface area contributed by atoms with Crippen molar-refractivity contribution in [2.45, 2.75) is 39.8 Å². The Hall–Kier alpha value is -4.97. The Balaban J connectivity index is 1.61. The Morgan fingerprint density at radius 1 is 1.19 bits per heavy atom. The lowest BCUT2D eigenvalue weighted by molar-refractivity contribution is -0.384. The maximum Gasteiger partial charge on any atom is 0.338 e. The number of allylic oxidation sites excluding steroid dienone is 1. The second kappa shape index (κ2) is 12.1. The van der Waals surface area contributed by atoms with Gasteiger partial charge in [0.05, 0.1) is 52.2 Å². The minimum atomic E-state index is -0.771. The van der Waals surface area contributed by atoms with E-state index in [1.807, 2.05) is 26.0 Å². The molecule has 4 aromatic rings. The largest absolute Gasteiger partial charge is 0.496 e. The summed E-state index contributed by atoms with van der Waals surface area (Å²) in [5, 5.41) is 11.3. The van der Waals surface area contributed by atoms with E-state index in [2.05, 4.69) is 4.99 Å². The average Bonchev–Trinajstić information content (AvgIpc) is 3.56. The van der Waals surface area contributed by atoms with Gasteiger partial charge in [0.2, 0.25) is 0 Å². The normalized spacial score (nSPS) is 14.8. The standard InChI is InChI=1S/C31H29N3O8S/c1-6-40-30(36)27-18(4)32-31-33(28(27)19-7-10-21(11-8-19)41-17(2)3)29(35)26(43-31)16-22-12-14-25(42-22)23-15-20(34(37)38)9-13-24(23)39-5/h7-17,28H,6H2,1-5H3/b26-16-/t28-/m1/s1. The summed E-state index contributed by atoms with van der Waals surface area (Å²) in [4.78, 5) is 42.9. The zero-order chi connectivity index (χ0) is 30.8. The molecule has 12 heteroatoms. The van der Waals surface area contributed by atoms with Gasteiger partial charge in [-0.05, 0) is 63.6 Å². The van der Waals surface area contributed by atoms with Gasteiger partial charge in [-0.25, -0.2) is 9.79 Å². The van der Waals surface area contributed by atoms with E-state index in [-0.39, 0.29) is 29.5 Å². The zero-order valence-corrected chi connectivity index (χ0v) is 25.0. The second-order valence-electron chi connectivity index (χ2n) is 9.88. The van der Waals surface area contributed by atoms with Gasteiger partial charge in [0, 0.05) is 18.2 Å². The zero-order valence-electron chi connectivity index (χ0n) is 24.2. The number of ether oxygens (including phenoxy) is 3. The molecule has 0 radical (unpaired) electrons. The Kier molecular flexibility index (Phi) is 8.31. The first-order valence-corrected chi connectivity index (χ1v) is 14.3. The van der Waals surface area contributed by atoms with E-state index in [1.54, 1.807) is 44.2 Å².